The third-order valence-corrected chi connectivity index (χ3v) is 6.20. The van der Waals surface area contributed by atoms with Crippen LogP contribution in [0.25, 0.3) is 0 Å². The van der Waals surface area contributed by atoms with Crippen LogP contribution in [0.5, 0.6) is 5.75 Å². The van der Waals surface area contributed by atoms with Gasteiger partial charge in [-0.1, -0.05) is 18.2 Å². The highest BCUT2D eigenvalue weighted by Gasteiger charge is 2.25. The number of nitriles is 1. The van der Waals surface area contributed by atoms with Gasteiger partial charge in [-0.3, -0.25) is 19.5 Å². The van der Waals surface area contributed by atoms with Gasteiger partial charge in [0.1, 0.15) is 17.3 Å². The molecule has 0 bridgehead atoms. The fourth-order valence-corrected chi connectivity index (χ4v) is 4.34. The topological polar surface area (TPSA) is 135 Å². The first-order chi connectivity index (χ1) is 17.9. The van der Waals surface area contributed by atoms with Crippen LogP contribution in [0.4, 0.5) is 4.39 Å². The Hall–Kier alpha value is -4.29. The molecule has 4 N–H and O–H groups in total. The Labute approximate surface area is 215 Å². The number of carbonyl (C=O) groups excluding carboxylic acids is 2. The lowest BCUT2D eigenvalue weighted by molar-refractivity contribution is -0.106. The van der Waals surface area contributed by atoms with Gasteiger partial charge in [-0.05, 0) is 84.9 Å². The van der Waals surface area contributed by atoms with Crippen molar-refractivity contribution in [1.82, 2.24) is 9.88 Å². The Morgan fingerprint density at radius 1 is 1.14 bits per heavy atom. The van der Waals surface area contributed by atoms with E-state index in [1.165, 1.54) is 17.7 Å². The van der Waals surface area contributed by atoms with Crippen LogP contribution in [0.3, 0.4) is 0 Å². The number of pyridine rings is 1. The molecule has 2 heterocycles. The van der Waals surface area contributed by atoms with Gasteiger partial charge >= 0.3 is 0 Å². The molecular weight excluding hydrogens is 473 g/mol. The SMILES string of the molecule is N#Cc1ccc(CN2CCC(c3cc(CCOc4ccc(F)cc4)cnc3C(N)=O)CC2)cc1.NC=O. The van der Waals surface area contributed by atoms with E-state index in [-0.39, 0.29) is 18.1 Å². The largest absolute Gasteiger partial charge is 0.493 e. The van der Waals surface area contributed by atoms with Crippen molar-refractivity contribution >= 4 is 12.3 Å². The first-order valence-corrected chi connectivity index (χ1v) is 12.0. The molecule has 1 aliphatic rings. The number of hydrogen-bond donors (Lipinski definition) is 2. The van der Waals surface area contributed by atoms with Crippen molar-refractivity contribution in [3.63, 3.8) is 0 Å². The molecule has 8 nitrogen and oxygen atoms in total. The van der Waals surface area contributed by atoms with Gasteiger partial charge in [0.05, 0.1) is 18.2 Å². The molecule has 192 valence electrons. The number of ether oxygens (including phenoxy) is 1. The zero-order valence-electron chi connectivity index (χ0n) is 20.5. The van der Waals surface area contributed by atoms with E-state index >= 15 is 0 Å². The minimum atomic E-state index is -0.510. The van der Waals surface area contributed by atoms with Gasteiger partial charge < -0.3 is 16.2 Å². The maximum atomic E-state index is 13.0. The van der Waals surface area contributed by atoms with Crippen LogP contribution in [0.15, 0.2) is 60.8 Å². The summed E-state index contributed by atoms with van der Waals surface area (Å²) in [6.45, 7) is 3.06. The fraction of sp³-hybridized carbons (Fsp3) is 0.286. The molecule has 0 radical (unpaired) electrons. The van der Waals surface area contributed by atoms with Gasteiger partial charge in [0.15, 0.2) is 0 Å². The summed E-state index contributed by atoms with van der Waals surface area (Å²) < 4.78 is 18.7. The molecule has 0 saturated carbocycles. The molecular formula is C28H30FN5O3. The molecule has 2 amide bonds. The molecule has 0 aliphatic carbocycles. The first-order valence-electron chi connectivity index (χ1n) is 12.0. The summed E-state index contributed by atoms with van der Waals surface area (Å²) in [6.07, 6.45) is 4.37. The van der Waals surface area contributed by atoms with Crippen molar-refractivity contribution in [3.05, 3.63) is 94.6 Å². The second-order valence-electron chi connectivity index (χ2n) is 8.69. The van der Waals surface area contributed by atoms with Crippen LogP contribution in [-0.2, 0) is 17.8 Å². The van der Waals surface area contributed by atoms with E-state index in [9.17, 15) is 9.18 Å². The average Bonchev–Trinajstić information content (AvgIpc) is 2.91. The summed E-state index contributed by atoms with van der Waals surface area (Å²) in [5, 5.41) is 8.96. The van der Waals surface area contributed by atoms with Crippen LogP contribution in [0.1, 0.15) is 51.5 Å². The molecule has 1 saturated heterocycles. The van der Waals surface area contributed by atoms with Crippen molar-refractivity contribution in [2.75, 3.05) is 19.7 Å². The van der Waals surface area contributed by atoms with Gasteiger partial charge in [-0.25, -0.2) is 4.39 Å². The summed E-state index contributed by atoms with van der Waals surface area (Å²) in [7, 11) is 0. The maximum absolute atomic E-state index is 13.0. The molecule has 3 aromatic rings. The predicted octanol–water partition coefficient (Wildman–Crippen LogP) is 3.29. The molecule has 0 spiro atoms. The number of hydrogen-bond acceptors (Lipinski definition) is 6. The zero-order chi connectivity index (χ0) is 26.6. The van der Waals surface area contributed by atoms with Crippen LogP contribution in [0, 0.1) is 17.1 Å². The highest BCUT2D eigenvalue weighted by molar-refractivity contribution is 5.92. The molecule has 0 unspecified atom stereocenters. The molecule has 4 rings (SSSR count). The van der Waals surface area contributed by atoms with E-state index in [1.54, 1.807) is 18.3 Å². The standard InChI is InChI=1S/C27H27FN4O2.CH3NO/c28-23-5-7-24(8-6-23)34-14-11-21-15-25(26(27(30)33)31-17-21)22-9-12-32(13-10-22)18-20-3-1-19(16-29)2-4-20;2-1-3/h1-8,15,17,22H,9-14,18H2,(H2,30,33);1H,(H2,2,3). The number of primary amides is 2. The van der Waals surface area contributed by atoms with Crippen molar-refractivity contribution in [2.45, 2.75) is 31.7 Å². The Morgan fingerprint density at radius 2 is 1.78 bits per heavy atom. The molecule has 2 aromatic carbocycles. The lowest BCUT2D eigenvalue weighted by atomic mass is 9.87. The Morgan fingerprint density at radius 3 is 2.38 bits per heavy atom. The second-order valence-corrected chi connectivity index (χ2v) is 8.69. The summed E-state index contributed by atoms with van der Waals surface area (Å²) in [5.74, 6) is 0.0125. The lowest BCUT2D eigenvalue weighted by Gasteiger charge is -2.32. The Bertz CT molecular complexity index is 1220. The number of benzene rings is 2. The van der Waals surface area contributed by atoms with E-state index < -0.39 is 5.91 Å². The third kappa shape index (κ3) is 8.12. The van der Waals surface area contributed by atoms with E-state index in [2.05, 4.69) is 21.7 Å². The monoisotopic (exact) mass is 503 g/mol. The average molecular weight is 504 g/mol. The van der Waals surface area contributed by atoms with Gasteiger partial charge in [-0.15, -0.1) is 0 Å². The number of rotatable bonds is 8. The third-order valence-electron chi connectivity index (χ3n) is 6.20. The lowest BCUT2D eigenvalue weighted by Crippen LogP contribution is -2.33. The van der Waals surface area contributed by atoms with E-state index in [4.69, 9.17) is 20.5 Å². The molecule has 37 heavy (non-hydrogen) atoms. The highest BCUT2D eigenvalue weighted by atomic mass is 19.1. The van der Waals surface area contributed by atoms with E-state index in [0.29, 0.717) is 30.0 Å². The first kappa shape index (κ1) is 27.3. The Balaban J connectivity index is 0.00000121. The van der Waals surface area contributed by atoms with Crippen LogP contribution in [0.2, 0.25) is 0 Å². The van der Waals surface area contributed by atoms with Gasteiger partial charge in [-0.2, -0.15) is 5.26 Å². The van der Waals surface area contributed by atoms with E-state index in [0.717, 1.165) is 43.6 Å². The smallest absolute Gasteiger partial charge is 0.267 e. The van der Waals surface area contributed by atoms with Crippen molar-refractivity contribution in [2.24, 2.45) is 11.5 Å². The molecule has 1 aromatic heterocycles. The predicted molar refractivity (Wildman–Crippen MR) is 137 cm³/mol. The number of amides is 2. The highest BCUT2D eigenvalue weighted by Crippen LogP contribution is 2.31. The van der Waals surface area contributed by atoms with Gasteiger partial charge in [0, 0.05) is 19.2 Å². The number of carbonyl (C=O) groups is 2. The normalized spacial score (nSPS) is 13.6. The molecule has 9 heteroatoms. The van der Waals surface area contributed by atoms with Crippen molar-refractivity contribution < 1.29 is 18.7 Å². The maximum Gasteiger partial charge on any atom is 0.267 e. The number of likely N-dealkylation sites (tertiary alicyclic amines) is 1. The number of piperidine rings is 1. The molecule has 1 fully saturated rings. The fourth-order valence-electron chi connectivity index (χ4n) is 4.34. The zero-order valence-corrected chi connectivity index (χ0v) is 20.5. The van der Waals surface area contributed by atoms with Crippen LogP contribution >= 0.6 is 0 Å². The summed E-state index contributed by atoms with van der Waals surface area (Å²) in [4.78, 5) is 27.4. The molecule has 0 atom stereocenters. The Kier molecular flexibility index (Phi) is 10.1. The summed E-state index contributed by atoms with van der Waals surface area (Å²) in [5.41, 5.74) is 13.9. The van der Waals surface area contributed by atoms with Gasteiger partial charge in [0.2, 0.25) is 6.41 Å². The summed E-state index contributed by atoms with van der Waals surface area (Å²) >= 11 is 0. The second kappa shape index (κ2) is 13.7. The van der Waals surface area contributed by atoms with E-state index in [1.807, 2.05) is 30.3 Å². The number of nitrogens with two attached hydrogens (primary N) is 2. The molecule has 1 aliphatic heterocycles. The number of aromatic nitrogens is 1. The van der Waals surface area contributed by atoms with Crippen molar-refractivity contribution in [3.8, 4) is 11.8 Å². The van der Waals surface area contributed by atoms with Crippen LogP contribution < -0.4 is 16.2 Å². The quantitative estimate of drug-likeness (QED) is 0.453. The van der Waals surface area contributed by atoms with Crippen LogP contribution in [-0.4, -0.2) is 41.9 Å². The van der Waals surface area contributed by atoms with Crippen molar-refractivity contribution in [1.29, 1.82) is 5.26 Å². The van der Waals surface area contributed by atoms with Gasteiger partial charge in [0.25, 0.3) is 5.91 Å². The number of halogens is 1. The summed E-state index contributed by atoms with van der Waals surface area (Å²) in [6, 6.07) is 17.8. The minimum absolute atomic E-state index is 0.213. The minimum Gasteiger partial charge on any atom is -0.493 e. The number of nitrogens with zero attached hydrogens (tertiary/aromatic N) is 3.